The summed E-state index contributed by atoms with van der Waals surface area (Å²) in [7, 11) is 0. The summed E-state index contributed by atoms with van der Waals surface area (Å²) < 4.78 is 54.6. The van der Waals surface area contributed by atoms with Crippen LogP contribution in [0.1, 0.15) is 27.0 Å². The second-order valence-electron chi connectivity index (χ2n) is 7.73. The van der Waals surface area contributed by atoms with Crippen LogP contribution in [-0.2, 0) is 11.0 Å². The number of anilines is 3. The highest BCUT2D eigenvalue weighted by Gasteiger charge is 2.32. The molecule has 2 amide bonds. The van der Waals surface area contributed by atoms with Gasteiger partial charge >= 0.3 is 6.18 Å². The first-order valence-electron chi connectivity index (χ1n) is 10.5. The van der Waals surface area contributed by atoms with Crippen molar-refractivity contribution in [3.63, 3.8) is 0 Å². The number of carbonyl (C=O) groups is 2. The van der Waals surface area contributed by atoms with Gasteiger partial charge in [0.25, 0.3) is 5.91 Å². The molecule has 3 aromatic rings. The van der Waals surface area contributed by atoms with Crippen molar-refractivity contribution in [3.8, 4) is 11.8 Å². The van der Waals surface area contributed by atoms with Crippen molar-refractivity contribution in [3.05, 3.63) is 76.9 Å². The van der Waals surface area contributed by atoms with Crippen molar-refractivity contribution >= 4 is 29.1 Å². The van der Waals surface area contributed by atoms with Crippen LogP contribution in [0.5, 0.6) is 0 Å². The number of piperazine rings is 1. The fraction of sp³-hybridized carbons (Fsp3) is 0.167. The number of nitrogens with two attached hydrogens (primary N) is 1. The molecule has 2 heterocycles. The number of nitrogens with zero attached hydrogens (tertiary/aromatic N) is 3. The lowest BCUT2D eigenvalue weighted by Gasteiger charge is -2.30. The molecule has 0 spiro atoms. The molecule has 1 aliphatic rings. The molecule has 12 heteroatoms. The topological polar surface area (TPSA) is 113 Å². The summed E-state index contributed by atoms with van der Waals surface area (Å²) in [6.07, 6.45) is -1.89. The third-order valence-electron chi connectivity index (χ3n) is 5.19. The molecule has 4 N–H and O–H groups in total. The van der Waals surface area contributed by atoms with E-state index in [4.69, 9.17) is 5.73 Å². The Kier molecular flexibility index (Phi) is 6.73. The molecule has 0 saturated carbocycles. The van der Waals surface area contributed by atoms with Gasteiger partial charge in [-0.2, -0.15) is 13.2 Å². The van der Waals surface area contributed by atoms with Crippen LogP contribution in [0.3, 0.4) is 0 Å². The largest absolute Gasteiger partial charge is 0.416 e. The Morgan fingerprint density at radius 3 is 2.50 bits per heavy atom. The highest BCUT2D eigenvalue weighted by molar-refractivity contribution is 6.06. The van der Waals surface area contributed by atoms with Crippen LogP contribution in [0.25, 0.3) is 0 Å². The van der Waals surface area contributed by atoms with Gasteiger partial charge in [0.2, 0.25) is 11.9 Å². The molecular formula is C24H18F4N6O2. The van der Waals surface area contributed by atoms with Gasteiger partial charge in [-0.05, 0) is 36.4 Å². The number of hydrogen-bond donors (Lipinski definition) is 3. The van der Waals surface area contributed by atoms with Gasteiger partial charge in [-0.3, -0.25) is 9.59 Å². The fourth-order valence-electron chi connectivity index (χ4n) is 3.45. The van der Waals surface area contributed by atoms with E-state index in [1.54, 1.807) is 0 Å². The zero-order chi connectivity index (χ0) is 25.9. The number of alkyl halides is 3. The maximum Gasteiger partial charge on any atom is 0.416 e. The Morgan fingerprint density at radius 1 is 1.08 bits per heavy atom. The van der Waals surface area contributed by atoms with E-state index in [2.05, 4.69) is 32.4 Å². The minimum Gasteiger partial charge on any atom is -0.368 e. The highest BCUT2D eigenvalue weighted by atomic mass is 19.4. The molecule has 1 saturated heterocycles. The Morgan fingerprint density at radius 2 is 1.81 bits per heavy atom. The predicted octanol–water partition coefficient (Wildman–Crippen LogP) is 2.81. The molecule has 2 aromatic carbocycles. The van der Waals surface area contributed by atoms with E-state index in [-0.39, 0.29) is 41.9 Å². The lowest BCUT2D eigenvalue weighted by atomic mass is 10.1. The van der Waals surface area contributed by atoms with E-state index >= 15 is 0 Å². The summed E-state index contributed by atoms with van der Waals surface area (Å²) in [6, 6.07) is 6.33. The molecule has 4 rings (SSSR count). The van der Waals surface area contributed by atoms with Gasteiger partial charge in [-0.25, -0.2) is 14.4 Å². The number of aromatic nitrogens is 2. The highest BCUT2D eigenvalue weighted by Crippen LogP contribution is 2.36. The van der Waals surface area contributed by atoms with Crippen LogP contribution in [0.2, 0.25) is 0 Å². The first kappa shape index (κ1) is 24.5. The van der Waals surface area contributed by atoms with Crippen LogP contribution in [-0.4, -0.2) is 41.4 Å². The summed E-state index contributed by atoms with van der Waals surface area (Å²) in [5.74, 6) is 3.38. The third kappa shape index (κ3) is 5.69. The van der Waals surface area contributed by atoms with E-state index in [1.807, 2.05) is 0 Å². The second kappa shape index (κ2) is 9.91. The normalized spacial score (nSPS) is 13.4. The lowest BCUT2D eigenvalue weighted by Crippen LogP contribution is -2.48. The van der Waals surface area contributed by atoms with Crippen molar-refractivity contribution in [2.45, 2.75) is 6.18 Å². The minimum atomic E-state index is -4.68. The molecule has 0 aliphatic carbocycles. The van der Waals surface area contributed by atoms with Crippen molar-refractivity contribution < 1.29 is 27.2 Å². The van der Waals surface area contributed by atoms with E-state index in [1.165, 1.54) is 35.5 Å². The summed E-state index contributed by atoms with van der Waals surface area (Å²) in [4.78, 5) is 33.9. The second-order valence-corrected chi connectivity index (χ2v) is 7.73. The van der Waals surface area contributed by atoms with Gasteiger partial charge in [-0.15, -0.1) is 0 Å². The number of nitrogens with one attached hydrogen (secondary N) is 2. The number of nitrogen functional groups attached to an aromatic ring is 1. The molecule has 1 aromatic heterocycles. The quantitative estimate of drug-likeness (QED) is 0.378. The van der Waals surface area contributed by atoms with E-state index < -0.39 is 29.0 Å². The zero-order valence-corrected chi connectivity index (χ0v) is 18.5. The monoisotopic (exact) mass is 498 g/mol. The van der Waals surface area contributed by atoms with Gasteiger partial charge in [0, 0.05) is 31.0 Å². The number of rotatable bonds is 3. The average Bonchev–Trinajstić information content (AvgIpc) is 2.84. The van der Waals surface area contributed by atoms with Crippen molar-refractivity contribution in [1.82, 2.24) is 15.3 Å². The SMILES string of the molecule is Nc1ncc(C#Cc2ccc(F)c(C(=O)Nc3cc(C(F)(F)F)ccc3N3CCNC(=O)C3)c2)cn1. The Balaban J connectivity index is 1.65. The molecule has 1 fully saturated rings. The average molecular weight is 498 g/mol. The number of halogens is 4. The molecular weight excluding hydrogens is 480 g/mol. The van der Waals surface area contributed by atoms with Crippen molar-refractivity contribution in [2.75, 3.05) is 35.6 Å². The minimum absolute atomic E-state index is 0.0698. The van der Waals surface area contributed by atoms with Crippen LogP contribution in [0, 0.1) is 17.7 Å². The lowest BCUT2D eigenvalue weighted by molar-refractivity contribution is -0.137. The standard InChI is InChI=1S/C24H18F4N6O2/c25-18-5-3-14(1-2-15-11-31-23(29)32-12-15)9-17(18)22(36)33-19-10-16(24(26,27)28)4-6-20(19)34-8-7-30-21(35)13-34/h3-6,9-12H,7-8,13H2,(H,30,35)(H,33,36)(H2,29,31,32). The fourth-order valence-corrected chi connectivity index (χ4v) is 3.45. The number of carbonyl (C=O) groups excluding carboxylic acids is 2. The van der Waals surface area contributed by atoms with Crippen molar-refractivity contribution in [1.29, 1.82) is 0 Å². The van der Waals surface area contributed by atoms with Crippen LogP contribution >= 0.6 is 0 Å². The molecule has 0 atom stereocenters. The number of hydrogen-bond acceptors (Lipinski definition) is 6. The van der Waals surface area contributed by atoms with Crippen LogP contribution in [0.15, 0.2) is 48.8 Å². The summed E-state index contributed by atoms with van der Waals surface area (Å²) >= 11 is 0. The third-order valence-corrected chi connectivity index (χ3v) is 5.19. The maximum absolute atomic E-state index is 14.5. The summed E-state index contributed by atoms with van der Waals surface area (Å²) in [6.45, 7) is 0.485. The van der Waals surface area contributed by atoms with E-state index in [0.717, 1.165) is 18.2 Å². The molecule has 1 aliphatic heterocycles. The molecule has 184 valence electrons. The predicted molar refractivity (Wildman–Crippen MR) is 123 cm³/mol. The summed E-state index contributed by atoms with van der Waals surface area (Å²) in [5, 5.41) is 4.98. The molecule has 0 unspecified atom stereocenters. The first-order chi connectivity index (χ1) is 17.1. The number of amides is 2. The van der Waals surface area contributed by atoms with E-state index in [9.17, 15) is 27.2 Å². The van der Waals surface area contributed by atoms with Gasteiger partial charge in [0.1, 0.15) is 5.82 Å². The zero-order valence-electron chi connectivity index (χ0n) is 18.5. The van der Waals surface area contributed by atoms with E-state index in [0.29, 0.717) is 12.1 Å². The Bertz CT molecular complexity index is 1380. The Labute approximate surface area is 202 Å². The molecule has 0 bridgehead atoms. The van der Waals surface area contributed by atoms with Crippen LogP contribution in [0.4, 0.5) is 34.9 Å². The first-order valence-corrected chi connectivity index (χ1v) is 10.5. The van der Waals surface area contributed by atoms with Gasteiger partial charge in [0.15, 0.2) is 0 Å². The van der Waals surface area contributed by atoms with Crippen LogP contribution < -0.4 is 21.3 Å². The van der Waals surface area contributed by atoms with Gasteiger partial charge in [0.05, 0.1) is 34.6 Å². The number of benzene rings is 2. The molecule has 0 radical (unpaired) electrons. The van der Waals surface area contributed by atoms with Gasteiger partial charge in [-0.1, -0.05) is 11.8 Å². The molecule has 36 heavy (non-hydrogen) atoms. The smallest absolute Gasteiger partial charge is 0.368 e. The summed E-state index contributed by atoms with van der Waals surface area (Å²) in [5.41, 5.74) is 4.69. The van der Waals surface area contributed by atoms with Gasteiger partial charge < -0.3 is 21.3 Å². The van der Waals surface area contributed by atoms with Crippen molar-refractivity contribution in [2.24, 2.45) is 0 Å². The molecule has 8 nitrogen and oxygen atoms in total. The maximum atomic E-state index is 14.5. The Hall–Kier alpha value is -4.66.